The van der Waals surface area contributed by atoms with Crippen LogP contribution in [0.2, 0.25) is 0 Å². The number of hydrogen-bond acceptors (Lipinski definition) is 4. The highest BCUT2D eigenvalue weighted by Gasteiger charge is 2.59. The highest BCUT2D eigenvalue weighted by Crippen LogP contribution is 2.65. The summed E-state index contributed by atoms with van der Waals surface area (Å²) < 4.78 is 6.30. The van der Waals surface area contributed by atoms with Gasteiger partial charge in [0.2, 0.25) is 0 Å². The number of carbonyl (C=O) groups is 1. The lowest BCUT2D eigenvalue weighted by atomic mass is 9.45. The van der Waals surface area contributed by atoms with E-state index in [1.807, 2.05) is 0 Å². The van der Waals surface area contributed by atoms with Crippen molar-refractivity contribution in [3.8, 4) is 0 Å². The Morgan fingerprint density at radius 3 is 1.85 bits per heavy atom. The molecule has 4 fully saturated rings. The Morgan fingerprint density at radius 2 is 1.31 bits per heavy atom. The van der Waals surface area contributed by atoms with E-state index >= 15 is 0 Å². The number of hydrogen-bond donors (Lipinski definition) is 1. The molecule has 6 rings (SSSR count). The van der Waals surface area contributed by atoms with Crippen molar-refractivity contribution >= 4 is 5.97 Å². The molecule has 4 heteroatoms. The summed E-state index contributed by atoms with van der Waals surface area (Å²) in [6.45, 7) is 21.4. The molecular formula is C44H68O4. The Kier molecular flexibility index (Phi) is 10.2. The van der Waals surface area contributed by atoms with Gasteiger partial charge in [-0.2, -0.15) is 0 Å². The van der Waals surface area contributed by atoms with Crippen molar-refractivity contribution in [3.05, 3.63) is 46.6 Å². The van der Waals surface area contributed by atoms with Gasteiger partial charge in [0.1, 0.15) is 0 Å². The summed E-state index contributed by atoms with van der Waals surface area (Å²) in [5.41, 5.74) is 6.07. The fourth-order valence-electron chi connectivity index (χ4n) is 12.7. The Labute approximate surface area is 293 Å². The van der Waals surface area contributed by atoms with Crippen LogP contribution in [0.3, 0.4) is 0 Å². The maximum atomic E-state index is 14.1. The van der Waals surface area contributed by atoms with E-state index in [1.54, 1.807) is 11.1 Å². The number of carbonyl (C=O) groups excluding carboxylic acids is 1. The predicted octanol–water partition coefficient (Wildman–Crippen LogP) is 11.7. The van der Waals surface area contributed by atoms with Crippen molar-refractivity contribution in [2.45, 2.75) is 152 Å². The number of allylic oxidation sites excluding steroid dienone is 8. The predicted molar refractivity (Wildman–Crippen MR) is 196 cm³/mol. The van der Waals surface area contributed by atoms with E-state index in [0.717, 1.165) is 57.8 Å². The molecule has 0 saturated heterocycles. The van der Waals surface area contributed by atoms with Crippen LogP contribution in [-0.4, -0.2) is 23.9 Å². The van der Waals surface area contributed by atoms with Gasteiger partial charge in [0.15, 0.2) is 0 Å². The molecule has 0 aromatic heterocycles. The number of fused-ring (bicyclic) bond motifs is 6. The largest absolute Gasteiger partial charge is 0.465 e. The number of ether oxygens (including phenoxy) is 1. The van der Waals surface area contributed by atoms with E-state index in [4.69, 9.17) is 9.62 Å². The molecule has 268 valence electrons. The van der Waals surface area contributed by atoms with Crippen LogP contribution in [0.5, 0.6) is 0 Å². The lowest BCUT2D eigenvalue weighted by Crippen LogP contribution is -2.55. The third-order valence-electron chi connectivity index (χ3n) is 15.6. The van der Waals surface area contributed by atoms with Gasteiger partial charge in [-0.05, 0) is 141 Å². The zero-order chi connectivity index (χ0) is 34.6. The smallest absolute Gasteiger partial charge is 0.312 e. The average molecular weight is 661 g/mol. The summed E-state index contributed by atoms with van der Waals surface area (Å²) in [7, 11) is 0. The third kappa shape index (κ3) is 6.05. The summed E-state index contributed by atoms with van der Waals surface area (Å²) in [4.78, 5) is 19.6. The summed E-state index contributed by atoms with van der Waals surface area (Å²) in [5.74, 6) is 3.24. The highest BCUT2D eigenvalue weighted by atomic mass is 17.1. The first-order chi connectivity index (χ1) is 22.7. The first-order valence-electron chi connectivity index (χ1n) is 20.0. The van der Waals surface area contributed by atoms with Crippen LogP contribution in [-0.2, 0) is 14.4 Å². The Balaban J connectivity index is 1.11. The second-order valence-electron chi connectivity index (χ2n) is 19.1. The van der Waals surface area contributed by atoms with Gasteiger partial charge in [0, 0.05) is 5.41 Å². The molecule has 0 amide bonds. The summed E-state index contributed by atoms with van der Waals surface area (Å²) in [6.07, 6.45) is 23.9. The van der Waals surface area contributed by atoms with Gasteiger partial charge in [-0.25, -0.2) is 4.89 Å². The fourth-order valence-corrected chi connectivity index (χ4v) is 12.7. The molecule has 48 heavy (non-hydrogen) atoms. The molecule has 0 radical (unpaired) electrons. The Bertz CT molecular complexity index is 1350. The second kappa shape index (κ2) is 13.5. The van der Waals surface area contributed by atoms with Crippen LogP contribution >= 0.6 is 0 Å². The monoisotopic (exact) mass is 661 g/mol. The van der Waals surface area contributed by atoms with Crippen molar-refractivity contribution in [3.63, 3.8) is 0 Å². The lowest BCUT2D eigenvalue weighted by Gasteiger charge is -2.60. The van der Waals surface area contributed by atoms with Crippen LogP contribution < -0.4 is 0 Å². The molecule has 0 heterocycles. The van der Waals surface area contributed by atoms with Crippen molar-refractivity contribution in [1.82, 2.24) is 0 Å². The van der Waals surface area contributed by atoms with Gasteiger partial charge in [0.05, 0.1) is 18.1 Å². The quantitative estimate of drug-likeness (QED) is 0.152. The number of esters is 1. The fraction of sp³-hybridized carbons (Fsp3) is 0.795. The molecule has 0 aromatic carbocycles. The maximum absolute atomic E-state index is 14.1. The minimum absolute atomic E-state index is 0.00237. The van der Waals surface area contributed by atoms with Gasteiger partial charge >= 0.3 is 5.97 Å². The molecule has 0 bridgehead atoms. The summed E-state index contributed by atoms with van der Waals surface area (Å²) >= 11 is 0. The van der Waals surface area contributed by atoms with E-state index in [9.17, 15) is 10.1 Å². The van der Waals surface area contributed by atoms with E-state index in [1.165, 1.54) is 30.4 Å². The average Bonchev–Trinajstić information content (AvgIpc) is 3.05. The number of rotatable bonds is 9. The van der Waals surface area contributed by atoms with Crippen molar-refractivity contribution in [2.24, 2.45) is 63.1 Å². The molecule has 0 aromatic rings. The minimum Gasteiger partial charge on any atom is -0.465 e. The van der Waals surface area contributed by atoms with Gasteiger partial charge in [0.25, 0.3) is 0 Å². The lowest BCUT2D eigenvalue weighted by molar-refractivity contribution is -0.322. The molecule has 0 aliphatic heterocycles. The van der Waals surface area contributed by atoms with E-state index in [0.29, 0.717) is 48.5 Å². The normalized spacial score (nSPS) is 40.7. The van der Waals surface area contributed by atoms with Crippen molar-refractivity contribution in [1.29, 1.82) is 0 Å². The minimum atomic E-state index is -0.443. The van der Waals surface area contributed by atoms with Crippen LogP contribution in [0.1, 0.15) is 146 Å². The van der Waals surface area contributed by atoms with Crippen LogP contribution in [0.25, 0.3) is 0 Å². The van der Waals surface area contributed by atoms with Crippen LogP contribution in [0, 0.1) is 63.1 Å². The van der Waals surface area contributed by atoms with Crippen LogP contribution in [0.4, 0.5) is 0 Å². The standard InChI is InChI=1S/C44H68O4/c1-28(2)31-12-16-35-33(25-31)14-18-37-41(35,6)20-10-22-43(37,8)39(48-46)24-30(5)27-47-40(45)44(9)23-11-21-42(7)36-17-13-32(29(3)4)26-34(36)15-19-38(42)44/h12-13,25-26,28-30,35-39,46H,10-11,14-24,27H2,1-9H3. The molecule has 4 saturated carbocycles. The zero-order valence-electron chi connectivity index (χ0n) is 32.0. The molecule has 10 unspecified atom stereocenters. The topological polar surface area (TPSA) is 55.8 Å². The molecule has 4 nitrogen and oxygen atoms in total. The first kappa shape index (κ1) is 36.2. The zero-order valence-corrected chi connectivity index (χ0v) is 32.0. The van der Waals surface area contributed by atoms with Gasteiger partial charge in [-0.1, -0.05) is 104 Å². The summed E-state index contributed by atoms with van der Waals surface area (Å²) in [6, 6.07) is 0. The highest BCUT2D eigenvalue weighted by molar-refractivity contribution is 5.77. The van der Waals surface area contributed by atoms with Gasteiger partial charge in [-0.3, -0.25) is 10.1 Å². The molecule has 0 spiro atoms. The first-order valence-corrected chi connectivity index (χ1v) is 20.0. The van der Waals surface area contributed by atoms with Crippen molar-refractivity contribution in [2.75, 3.05) is 6.61 Å². The van der Waals surface area contributed by atoms with Crippen molar-refractivity contribution < 1.29 is 19.7 Å². The Morgan fingerprint density at radius 1 is 0.792 bits per heavy atom. The van der Waals surface area contributed by atoms with Gasteiger partial charge in [-0.15, -0.1) is 0 Å². The Hall–Kier alpha value is -1.65. The van der Waals surface area contributed by atoms with E-state index in [-0.39, 0.29) is 34.2 Å². The SMILES string of the molecule is CC(COC(=O)C1(C)CCCC2(C)C3CC=C(C(C)C)C=C3CCC12)CC(OO)C1(C)CCCC2(C)C3CC=C(C(C)C)C=C3CCC12. The molecular weight excluding hydrogens is 592 g/mol. The molecule has 10 atom stereocenters. The van der Waals surface area contributed by atoms with Crippen LogP contribution in [0.15, 0.2) is 46.6 Å². The second-order valence-corrected chi connectivity index (χ2v) is 19.1. The maximum Gasteiger partial charge on any atom is 0.312 e. The van der Waals surface area contributed by atoms with E-state index in [2.05, 4.69) is 86.6 Å². The van der Waals surface area contributed by atoms with Gasteiger partial charge < -0.3 is 4.74 Å². The third-order valence-corrected chi connectivity index (χ3v) is 15.6. The van der Waals surface area contributed by atoms with E-state index < -0.39 is 5.41 Å². The molecule has 1 N–H and O–H groups in total. The summed E-state index contributed by atoms with van der Waals surface area (Å²) in [5, 5.41) is 10.5. The molecule has 6 aliphatic rings. The molecule has 6 aliphatic carbocycles.